The maximum atomic E-state index is 9.77. The number of rotatable bonds is 7. The van der Waals surface area contributed by atoms with Gasteiger partial charge in [0.1, 0.15) is 0 Å². The van der Waals surface area contributed by atoms with E-state index in [2.05, 4.69) is 26.1 Å². The molecule has 3 atom stereocenters. The molecule has 0 aliphatic heterocycles. The van der Waals surface area contributed by atoms with Gasteiger partial charge in [-0.05, 0) is 31.2 Å². The van der Waals surface area contributed by atoms with E-state index in [1.165, 1.54) is 12.8 Å². The van der Waals surface area contributed by atoms with Crippen molar-refractivity contribution in [2.24, 2.45) is 11.8 Å². The Kier molecular flexibility index (Phi) is 7.09. The molecule has 1 fully saturated rings. The van der Waals surface area contributed by atoms with Crippen LogP contribution in [0.15, 0.2) is 0 Å². The average molecular weight is 243 g/mol. The van der Waals surface area contributed by atoms with Crippen molar-refractivity contribution < 1.29 is 9.84 Å². The second-order valence-electron chi connectivity index (χ2n) is 5.93. The van der Waals surface area contributed by atoms with Crippen LogP contribution in [0.3, 0.4) is 0 Å². The molecule has 0 heterocycles. The summed E-state index contributed by atoms with van der Waals surface area (Å²) in [6.07, 6.45) is 4.93. The first-order valence-corrected chi connectivity index (χ1v) is 7.08. The van der Waals surface area contributed by atoms with E-state index in [4.69, 9.17) is 4.74 Å². The maximum Gasteiger partial charge on any atom is 0.0897 e. The van der Waals surface area contributed by atoms with Crippen LogP contribution in [-0.2, 0) is 4.74 Å². The molecule has 0 bridgehead atoms. The number of hydrogen-bond acceptors (Lipinski definition) is 3. The fourth-order valence-corrected chi connectivity index (χ4v) is 2.37. The highest BCUT2D eigenvalue weighted by atomic mass is 16.5. The molecule has 0 spiro atoms. The SMILES string of the molecule is CC(C)CNC[C@H](O)CO[C@@H]1CCC[C@H](C)C1. The van der Waals surface area contributed by atoms with Gasteiger partial charge in [0.05, 0.1) is 18.8 Å². The van der Waals surface area contributed by atoms with E-state index in [0.29, 0.717) is 25.2 Å². The highest BCUT2D eigenvalue weighted by Crippen LogP contribution is 2.25. The van der Waals surface area contributed by atoms with Gasteiger partial charge in [0.15, 0.2) is 0 Å². The van der Waals surface area contributed by atoms with Crippen molar-refractivity contribution >= 4 is 0 Å². The van der Waals surface area contributed by atoms with Crippen LogP contribution in [0.25, 0.3) is 0 Å². The molecular weight excluding hydrogens is 214 g/mol. The summed E-state index contributed by atoms with van der Waals surface area (Å²) in [7, 11) is 0. The summed E-state index contributed by atoms with van der Waals surface area (Å²) in [5, 5.41) is 13.0. The van der Waals surface area contributed by atoms with E-state index in [9.17, 15) is 5.11 Å². The molecule has 2 N–H and O–H groups in total. The minimum atomic E-state index is -0.369. The third kappa shape index (κ3) is 7.02. The standard InChI is InChI=1S/C14H29NO2/c1-11(2)8-15-9-13(16)10-17-14-6-4-5-12(3)7-14/h11-16H,4-10H2,1-3H3/t12-,13-,14+/m0/s1. The molecule has 1 aliphatic carbocycles. The fraction of sp³-hybridized carbons (Fsp3) is 1.00. The maximum absolute atomic E-state index is 9.77. The Balaban J connectivity index is 2.04. The molecule has 17 heavy (non-hydrogen) atoms. The van der Waals surface area contributed by atoms with Gasteiger partial charge in [0.2, 0.25) is 0 Å². The van der Waals surface area contributed by atoms with E-state index >= 15 is 0 Å². The molecule has 0 amide bonds. The molecule has 102 valence electrons. The zero-order valence-corrected chi connectivity index (χ0v) is 11.6. The first kappa shape index (κ1) is 14.9. The Morgan fingerprint density at radius 1 is 1.29 bits per heavy atom. The number of hydrogen-bond donors (Lipinski definition) is 2. The first-order valence-electron chi connectivity index (χ1n) is 7.08. The van der Waals surface area contributed by atoms with Crippen LogP contribution >= 0.6 is 0 Å². The molecule has 1 aliphatic rings. The van der Waals surface area contributed by atoms with Gasteiger partial charge in [-0.25, -0.2) is 0 Å². The highest BCUT2D eigenvalue weighted by molar-refractivity contribution is 4.71. The lowest BCUT2D eigenvalue weighted by Crippen LogP contribution is -2.34. The first-order chi connectivity index (χ1) is 8.08. The van der Waals surface area contributed by atoms with Gasteiger partial charge in [-0.1, -0.05) is 33.6 Å². The lowest BCUT2D eigenvalue weighted by molar-refractivity contribution is -0.0306. The summed E-state index contributed by atoms with van der Waals surface area (Å²) >= 11 is 0. The summed E-state index contributed by atoms with van der Waals surface area (Å²) < 4.78 is 5.78. The fourth-order valence-electron chi connectivity index (χ4n) is 2.37. The molecule has 0 aromatic carbocycles. The number of aliphatic hydroxyl groups is 1. The normalized spacial score (nSPS) is 27.4. The Bertz CT molecular complexity index is 197. The molecule has 0 unspecified atom stereocenters. The predicted octanol–water partition coefficient (Wildman–Crippen LogP) is 2.19. The zero-order chi connectivity index (χ0) is 12.7. The summed E-state index contributed by atoms with van der Waals surface area (Å²) in [4.78, 5) is 0. The van der Waals surface area contributed by atoms with Crippen molar-refractivity contribution in [3.8, 4) is 0 Å². The van der Waals surface area contributed by atoms with Crippen LogP contribution in [-0.4, -0.2) is 37.0 Å². The van der Waals surface area contributed by atoms with E-state index in [0.717, 1.165) is 25.3 Å². The summed E-state index contributed by atoms with van der Waals surface area (Å²) in [5.41, 5.74) is 0. The van der Waals surface area contributed by atoms with Gasteiger partial charge >= 0.3 is 0 Å². The van der Waals surface area contributed by atoms with Crippen LogP contribution in [0.1, 0.15) is 46.5 Å². The van der Waals surface area contributed by atoms with Crippen LogP contribution in [0.4, 0.5) is 0 Å². The monoisotopic (exact) mass is 243 g/mol. The lowest BCUT2D eigenvalue weighted by atomic mass is 9.89. The van der Waals surface area contributed by atoms with Crippen molar-refractivity contribution in [2.45, 2.75) is 58.7 Å². The topological polar surface area (TPSA) is 41.5 Å². The summed E-state index contributed by atoms with van der Waals surface area (Å²) in [6.45, 7) is 8.69. The number of ether oxygens (including phenoxy) is 1. The molecule has 3 heteroatoms. The molecule has 0 aromatic heterocycles. The Morgan fingerprint density at radius 2 is 2.06 bits per heavy atom. The average Bonchev–Trinajstić information content (AvgIpc) is 2.26. The molecule has 0 saturated heterocycles. The molecule has 1 rings (SSSR count). The Labute approximate surface area is 106 Å². The van der Waals surface area contributed by atoms with Crippen molar-refractivity contribution in [3.63, 3.8) is 0 Å². The van der Waals surface area contributed by atoms with Crippen LogP contribution in [0.2, 0.25) is 0 Å². The minimum Gasteiger partial charge on any atom is -0.389 e. The summed E-state index contributed by atoms with van der Waals surface area (Å²) in [6, 6.07) is 0. The van der Waals surface area contributed by atoms with Gasteiger partial charge in [-0.3, -0.25) is 0 Å². The quantitative estimate of drug-likeness (QED) is 0.720. The molecule has 0 aromatic rings. The number of nitrogens with one attached hydrogen (secondary N) is 1. The van der Waals surface area contributed by atoms with Crippen molar-refractivity contribution in [2.75, 3.05) is 19.7 Å². The van der Waals surface area contributed by atoms with Crippen LogP contribution < -0.4 is 5.32 Å². The van der Waals surface area contributed by atoms with Crippen LogP contribution in [0.5, 0.6) is 0 Å². The van der Waals surface area contributed by atoms with Gasteiger partial charge in [0, 0.05) is 6.54 Å². The van der Waals surface area contributed by atoms with E-state index in [-0.39, 0.29) is 6.10 Å². The number of aliphatic hydroxyl groups excluding tert-OH is 1. The van der Waals surface area contributed by atoms with Crippen molar-refractivity contribution in [1.82, 2.24) is 5.32 Å². The highest BCUT2D eigenvalue weighted by Gasteiger charge is 2.20. The third-order valence-electron chi connectivity index (χ3n) is 3.35. The van der Waals surface area contributed by atoms with E-state index in [1.54, 1.807) is 0 Å². The van der Waals surface area contributed by atoms with Crippen molar-refractivity contribution in [3.05, 3.63) is 0 Å². The van der Waals surface area contributed by atoms with Crippen molar-refractivity contribution in [1.29, 1.82) is 0 Å². The van der Waals surface area contributed by atoms with Crippen LogP contribution in [0, 0.1) is 11.8 Å². The molecular formula is C14H29NO2. The lowest BCUT2D eigenvalue weighted by Gasteiger charge is -2.27. The molecule has 0 radical (unpaired) electrons. The second-order valence-corrected chi connectivity index (χ2v) is 5.93. The molecule has 3 nitrogen and oxygen atoms in total. The molecule has 1 saturated carbocycles. The largest absolute Gasteiger partial charge is 0.389 e. The zero-order valence-electron chi connectivity index (χ0n) is 11.6. The van der Waals surface area contributed by atoms with E-state index in [1.807, 2.05) is 0 Å². The second kappa shape index (κ2) is 8.06. The van der Waals surface area contributed by atoms with E-state index < -0.39 is 0 Å². The minimum absolute atomic E-state index is 0.369. The Morgan fingerprint density at radius 3 is 2.71 bits per heavy atom. The summed E-state index contributed by atoms with van der Waals surface area (Å²) in [5.74, 6) is 1.41. The smallest absolute Gasteiger partial charge is 0.0897 e. The van der Waals surface area contributed by atoms with Gasteiger partial charge < -0.3 is 15.2 Å². The third-order valence-corrected chi connectivity index (χ3v) is 3.35. The van der Waals surface area contributed by atoms with Gasteiger partial charge in [0.25, 0.3) is 0 Å². The van der Waals surface area contributed by atoms with Gasteiger partial charge in [-0.2, -0.15) is 0 Å². The predicted molar refractivity (Wildman–Crippen MR) is 71.1 cm³/mol. The Hall–Kier alpha value is -0.120. The van der Waals surface area contributed by atoms with Gasteiger partial charge in [-0.15, -0.1) is 0 Å².